The highest BCUT2D eigenvalue weighted by Gasteiger charge is 2.12. The van der Waals surface area contributed by atoms with Crippen molar-refractivity contribution in [2.24, 2.45) is 0 Å². The molecule has 4 aromatic rings. The van der Waals surface area contributed by atoms with Crippen LogP contribution in [0.2, 0.25) is 5.02 Å². The number of rotatable bonds is 3. The third kappa shape index (κ3) is 2.55. The Hall–Kier alpha value is -2.73. The molecule has 0 atom stereocenters. The molecule has 0 radical (unpaired) electrons. The molecule has 0 aliphatic rings. The van der Waals surface area contributed by atoms with Gasteiger partial charge >= 0.3 is 0 Å². The Morgan fingerprint density at radius 1 is 1.04 bits per heavy atom. The summed E-state index contributed by atoms with van der Waals surface area (Å²) in [5.41, 5.74) is 1.97. The molecule has 0 saturated heterocycles. The van der Waals surface area contributed by atoms with Crippen molar-refractivity contribution in [3.63, 3.8) is 0 Å². The van der Waals surface area contributed by atoms with Gasteiger partial charge in [-0.1, -0.05) is 11.6 Å². The number of fused-ring (bicyclic) bond motifs is 2. The maximum absolute atomic E-state index is 14.1. The fourth-order valence-corrected chi connectivity index (χ4v) is 2.80. The smallest absolute Gasteiger partial charge is 0.149 e. The van der Waals surface area contributed by atoms with Crippen LogP contribution < -0.4 is 5.32 Å². The highest BCUT2D eigenvalue weighted by atomic mass is 35.5. The first-order valence-corrected chi connectivity index (χ1v) is 7.59. The van der Waals surface area contributed by atoms with Crippen molar-refractivity contribution in [2.45, 2.75) is 6.54 Å². The van der Waals surface area contributed by atoms with Crippen LogP contribution in [0, 0.1) is 11.6 Å². The molecule has 0 aliphatic heterocycles. The third-order valence-corrected chi connectivity index (χ3v) is 3.94. The molecule has 1 N–H and O–H groups in total. The van der Waals surface area contributed by atoms with Crippen LogP contribution in [0.15, 0.2) is 48.9 Å². The average molecular weight is 345 g/mol. The standard InChI is InChI=1S/C17H11ClF2N4/c18-10-1-4-15-23-11(9-24(15)8-10)7-22-14-5-6-21-17-13(20)3-2-12(19)16(14)17/h1-6,8-9H,7H2,(H,21,22). The molecule has 0 saturated carbocycles. The van der Waals surface area contributed by atoms with Crippen LogP contribution in [0.3, 0.4) is 0 Å². The van der Waals surface area contributed by atoms with Gasteiger partial charge in [0.2, 0.25) is 0 Å². The minimum absolute atomic E-state index is 0.00165. The first-order valence-electron chi connectivity index (χ1n) is 7.21. The molecule has 7 heteroatoms. The van der Waals surface area contributed by atoms with E-state index in [4.69, 9.17) is 11.6 Å². The normalized spacial score (nSPS) is 11.3. The number of hydrogen-bond acceptors (Lipinski definition) is 3. The molecule has 0 spiro atoms. The number of imidazole rings is 1. The topological polar surface area (TPSA) is 42.2 Å². The Labute approximate surface area is 140 Å². The number of nitrogens with zero attached hydrogens (tertiary/aromatic N) is 3. The van der Waals surface area contributed by atoms with Gasteiger partial charge in [0.1, 0.15) is 22.8 Å². The van der Waals surface area contributed by atoms with E-state index in [1.54, 1.807) is 18.3 Å². The summed E-state index contributed by atoms with van der Waals surface area (Å²) < 4.78 is 29.7. The van der Waals surface area contributed by atoms with Crippen molar-refractivity contribution < 1.29 is 8.78 Å². The van der Waals surface area contributed by atoms with E-state index in [2.05, 4.69) is 15.3 Å². The summed E-state index contributed by atoms with van der Waals surface area (Å²) in [6.45, 7) is 0.356. The highest BCUT2D eigenvalue weighted by molar-refractivity contribution is 6.30. The lowest BCUT2D eigenvalue weighted by molar-refractivity contribution is 0.615. The molecular weight excluding hydrogens is 334 g/mol. The number of benzene rings is 1. The van der Waals surface area contributed by atoms with Crippen molar-refractivity contribution in [3.05, 3.63) is 71.3 Å². The molecule has 0 amide bonds. The van der Waals surface area contributed by atoms with Gasteiger partial charge < -0.3 is 9.72 Å². The zero-order valence-corrected chi connectivity index (χ0v) is 13.1. The molecule has 0 bridgehead atoms. The first kappa shape index (κ1) is 14.8. The van der Waals surface area contributed by atoms with Crippen LogP contribution in [0.25, 0.3) is 16.6 Å². The zero-order chi connectivity index (χ0) is 16.7. The van der Waals surface area contributed by atoms with Crippen LogP contribution in [0.4, 0.5) is 14.5 Å². The quantitative estimate of drug-likeness (QED) is 0.598. The molecule has 0 aliphatic carbocycles. The fourth-order valence-electron chi connectivity index (χ4n) is 2.63. The summed E-state index contributed by atoms with van der Waals surface area (Å²) in [7, 11) is 0. The monoisotopic (exact) mass is 344 g/mol. The fraction of sp³-hybridized carbons (Fsp3) is 0.0588. The first-order chi connectivity index (χ1) is 11.6. The number of anilines is 1. The maximum atomic E-state index is 14.1. The molecule has 120 valence electrons. The van der Waals surface area contributed by atoms with E-state index >= 15 is 0 Å². The number of halogens is 3. The van der Waals surface area contributed by atoms with E-state index in [-0.39, 0.29) is 10.9 Å². The summed E-state index contributed by atoms with van der Waals surface area (Å²) in [6, 6.07) is 7.34. The van der Waals surface area contributed by atoms with Gasteiger partial charge in [-0.25, -0.2) is 13.8 Å². The molecule has 3 heterocycles. The highest BCUT2D eigenvalue weighted by Crippen LogP contribution is 2.27. The van der Waals surface area contributed by atoms with Crippen LogP contribution >= 0.6 is 11.6 Å². The second kappa shape index (κ2) is 5.72. The molecule has 0 unspecified atom stereocenters. The summed E-state index contributed by atoms with van der Waals surface area (Å²) >= 11 is 5.95. The Kier molecular flexibility index (Phi) is 3.54. The number of pyridine rings is 2. The molecule has 0 fully saturated rings. The van der Waals surface area contributed by atoms with Crippen molar-refractivity contribution in [3.8, 4) is 0 Å². The van der Waals surface area contributed by atoms with E-state index in [1.807, 2.05) is 16.7 Å². The van der Waals surface area contributed by atoms with Gasteiger partial charge in [-0.15, -0.1) is 0 Å². The van der Waals surface area contributed by atoms with E-state index in [1.165, 1.54) is 6.20 Å². The average Bonchev–Trinajstić information content (AvgIpc) is 2.98. The van der Waals surface area contributed by atoms with Crippen LogP contribution in [0.1, 0.15) is 5.69 Å². The van der Waals surface area contributed by atoms with Gasteiger partial charge in [0, 0.05) is 24.3 Å². The second-order valence-corrected chi connectivity index (χ2v) is 5.75. The molecule has 4 nitrogen and oxygen atoms in total. The number of nitrogens with one attached hydrogen (secondary N) is 1. The number of hydrogen-bond donors (Lipinski definition) is 1. The van der Waals surface area contributed by atoms with Crippen LogP contribution in [0.5, 0.6) is 0 Å². The summed E-state index contributed by atoms with van der Waals surface area (Å²) in [6.07, 6.45) is 5.02. The minimum Gasteiger partial charge on any atom is -0.379 e. The zero-order valence-electron chi connectivity index (χ0n) is 12.3. The number of aromatic nitrogens is 3. The molecule has 4 rings (SSSR count). The maximum Gasteiger partial charge on any atom is 0.149 e. The van der Waals surface area contributed by atoms with E-state index in [0.29, 0.717) is 17.3 Å². The lowest BCUT2D eigenvalue weighted by atomic mass is 10.1. The lowest BCUT2D eigenvalue weighted by Gasteiger charge is -2.09. The predicted molar refractivity (Wildman–Crippen MR) is 89.2 cm³/mol. The Morgan fingerprint density at radius 3 is 2.75 bits per heavy atom. The van der Waals surface area contributed by atoms with Gasteiger partial charge in [-0.3, -0.25) is 4.98 Å². The predicted octanol–water partition coefficient (Wildman–Crippen LogP) is 4.43. The summed E-state index contributed by atoms with van der Waals surface area (Å²) in [5, 5.41) is 3.83. The van der Waals surface area contributed by atoms with Crippen LogP contribution in [-0.4, -0.2) is 14.4 Å². The SMILES string of the molecule is Fc1ccc(F)c2c(NCc3cn4cc(Cl)ccc4n3)ccnc12. The summed E-state index contributed by atoms with van der Waals surface area (Å²) in [4.78, 5) is 8.36. The Bertz CT molecular complexity index is 1060. The van der Waals surface area contributed by atoms with Crippen LogP contribution in [-0.2, 0) is 6.54 Å². The Balaban J connectivity index is 1.68. The van der Waals surface area contributed by atoms with Gasteiger partial charge in [0.15, 0.2) is 0 Å². The van der Waals surface area contributed by atoms with Gasteiger partial charge in [0.25, 0.3) is 0 Å². The largest absolute Gasteiger partial charge is 0.379 e. The van der Waals surface area contributed by atoms with E-state index in [9.17, 15) is 8.78 Å². The third-order valence-electron chi connectivity index (χ3n) is 3.72. The van der Waals surface area contributed by atoms with Crippen molar-refractivity contribution in [1.29, 1.82) is 0 Å². The van der Waals surface area contributed by atoms with E-state index < -0.39 is 11.6 Å². The summed E-state index contributed by atoms with van der Waals surface area (Å²) in [5.74, 6) is -1.08. The Morgan fingerprint density at radius 2 is 1.88 bits per heavy atom. The molecule has 24 heavy (non-hydrogen) atoms. The molecular formula is C17H11ClF2N4. The molecule has 3 aromatic heterocycles. The second-order valence-electron chi connectivity index (χ2n) is 5.31. The van der Waals surface area contributed by atoms with E-state index in [0.717, 1.165) is 23.5 Å². The van der Waals surface area contributed by atoms with Gasteiger partial charge in [-0.2, -0.15) is 0 Å². The van der Waals surface area contributed by atoms with Crippen molar-refractivity contribution >= 4 is 33.8 Å². The minimum atomic E-state index is -0.558. The van der Waals surface area contributed by atoms with Crippen molar-refractivity contribution in [1.82, 2.24) is 14.4 Å². The van der Waals surface area contributed by atoms with Crippen molar-refractivity contribution in [2.75, 3.05) is 5.32 Å². The van der Waals surface area contributed by atoms with Gasteiger partial charge in [-0.05, 0) is 30.3 Å². The lowest BCUT2D eigenvalue weighted by Crippen LogP contribution is -2.02. The van der Waals surface area contributed by atoms with Gasteiger partial charge in [0.05, 0.1) is 22.6 Å². The molecule has 1 aromatic carbocycles.